The topological polar surface area (TPSA) is 58.5 Å². The summed E-state index contributed by atoms with van der Waals surface area (Å²) in [7, 11) is 2.14. The van der Waals surface area contributed by atoms with Crippen molar-refractivity contribution in [3.63, 3.8) is 0 Å². The SMILES string of the molecule is CC1CN(c2nc(CN)co2)CCN1C. The molecule has 0 aromatic carbocycles. The molecule has 0 amide bonds. The summed E-state index contributed by atoms with van der Waals surface area (Å²) in [5.74, 6) is 0. The second-order valence-electron chi connectivity index (χ2n) is 4.10. The Morgan fingerprint density at radius 2 is 2.40 bits per heavy atom. The van der Waals surface area contributed by atoms with Gasteiger partial charge < -0.3 is 20.0 Å². The molecule has 1 aromatic rings. The van der Waals surface area contributed by atoms with Crippen LogP contribution in [0.25, 0.3) is 0 Å². The zero-order chi connectivity index (χ0) is 10.8. The zero-order valence-electron chi connectivity index (χ0n) is 9.31. The lowest BCUT2D eigenvalue weighted by Gasteiger charge is -2.36. The van der Waals surface area contributed by atoms with Gasteiger partial charge in [-0.1, -0.05) is 0 Å². The van der Waals surface area contributed by atoms with Crippen LogP contribution in [0.1, 0.15) is 12.6 Å². The molecule has 1 aromatic heterocycles. The second kappa shape index (κ2) is 4.20. The number of piperazine rings is 1. The number of rotatable bonds is 2. The summed E-state index contributed by atoms with van der Waals surface area (Å²) < 4.78 is 5.39. The highest BCUT2D eigenvalue weighted by Gasteiger charge is 2.23. The van der Waals surface area contributed by atoms with Crippen LogP contribution in [0.3, 0.4) is 0 Å². The molecular weight excluding hydrogens is 192 g/mol. The van der Waals surface area contributed by atoms with Crippen molar-refractivity contribution in [2.24, 2.45) is 5.73 Å². The van der Waals surface area contributed by atoms with Crippen molar-refractivity contribution in [1.29, 1.82) is 0 Å². The summed E-state index contributed by atoms with van der Waals surface area (Å²) in [6.07, 6.45) is 1.64. The first-order chi connectivity index (χ1) is 7.20. The van der Waals surface area contributed by atoms with Crippen LogP contribution in [0.2, 0.25) is 0 Å². The summed E-state index contributed by atoms with van der Waals surface area (Å²) in [6, 6.07) is 1.24. The largest absolute Gasteiger partial charge is 0.432 e. The van der Waals surface area contributed by atoms with Crippen molar-refractivity contribution in [3.8, 4) is 0 Å². The number of oxazole rings is 1. The van der Waals surface area contributed by atoms with Gasteiger partial charge in [0.05, 0.1) is 5.69 Å². The van der Waals surface area contributed by atoms with Gasteiger partial charge in [-0.3, -0.25) is 0 Å². The van der Waals surface area contributed by atoms with Gasteiger partial charge in [0.15, 0.2) is 0 Å². The smallest absolute Gasteiger partial charge is 0.297 e. The van der Waals surface area contributed by atoms with E-state index in [4.69, 9.17) is 10.2 Å². The van der Waals surface area contributed by atoms with Crippen molar-refractivity contribution in [3.05, 3.63) is 12.0 Å². The van der Waals surface area contributed by atoms with E-state index in [0.29, 0.717) is 18.6 Å². The average Bonchev–Trinajstić information content (AvgIpc) is 2.70. The van der Waals surface area contributed by atoms with Crippen molar-refractivity contribution >= 4 is 6.01 Å². The molecule has 2 rings (SSSR count). The summed E-state index contributed by atoms with van der Waals surface area (Å²) in [5.41, 5.74) is 6.31. The molecule has 2 heterocycles. The quantitative estimate of drug-likeness (QED) is 0.759. The van der Waals surface area contributed by atoms with Crippen LogP contribution in [0.4, 0.5) is 6.01 Å². The molecule has 5 nitrogen and oxygen atoms in total. The predicted molar refractivity (Wildman–Crippen MR) is 58.7 cm³/mol. The van der Waals surface area contributed by atoms with Gasteiger partial charge in [-0.2, -0.15) is 4.98 Å². The van der Waals surface area contributed by atoms with Gasteiger partial charge in [0.2, 0.25) is 0 Å². The number of nitrogens with zero attached hydrogens (tertiary/aromatic N) is 3. The molecule has 1 saturated heterocycles. The third-order valence-corrected chi connectivity index (χ3v) is 2.98. The van der Waals surface area contributed by atoms with Crippen LogP contribution in [0.5, 0.6) is 0 Å². The number of hydrogen-bond donors (Lipinski definition) is 1. The third kappa shape index (κ3) is 2.13. The lowest BCUT2D eigenvalue weighted by molar-refractivity contribution is 0.229. The van der Waals surface area contributed by atoms with Crippen LogP contribution in [-0.4, -0.2) is 42.6 Å². The van der Waals surface area contributed by atoms with Crippen molar-refractivity contribution < 1.29 is 4.42 Å². The fourth-order valence-electron chi connectivity index (χ4n) is 1.76. The van der Waals surface area contributed by atoms with E-state index in [1.54, 1.807) is 6.26 Å². The van der Waals surface area contributed by atoms with Gasteiger partial charge in [0.1, 0.15) is 6.26 Å². The van der Waals surface area contributed by atoms with Crippen molar-refractivity contribution in [2.45, 2.75) is 19.5 Å². The monoisotopic (exact) mass is 210 g/mol. The molecular formula is C10H18N4O. The number of aromatic nitrogens is 1. The maximum absolute atomic E-state index is 5.49. The van der Waals surface area contributed by atoms with E-state index in [2.05, 4.69) is 28.8 Å². The summed E-state index contributed by atoms with van der Waals surface area (Å²) >= 11 is 0. The Balaban J connectivity index is 2.05. The number of nitrogens with two attached hydrogens (primary N) is 1. The van der Waals surface area contributed by atoms with E-state index < -0.39 is 0 Å². The molecule has 0 aliphatic carbocycles. The molecule has 0 radical (unpaired) electrons. The average molecular weight is 210 g/mol. The predicted octanol–water partition coefficient (Wildman–Crippen LogP) is 0.274. The standard InChI is InChI=1S/C10H18N4O/c1-8-6-14(4-3-13(8)2)10-12-9(5-11)7-15-10/h7-8H,3-6,11H2,1-2H3. The van der Waals surface area contributed by atoms with Crippen LogP contribution < -0.4 is 10.6 Å². The third-order valence-electron chi connectivity index (χ3n) is 2.98. The van der Waals surface area contributed by atoms with E-state index in [1.807, 2.05) is 0 Å². The Kier molecular flexibility index (Phi) is 2.93. The van der Waals surface area contributed by atoms with Crippen LogP contribution in [0.15, 0.2) is 10.7 Å². The molecule has 0 bridgehead atoms. The van der Waals surface area contributed by atoms with E-state index in [9.17, 15) is 0 Å². The summed E-state index contributed by atoms with van der Waals surface area (Å²) in [5, 5.41) is 0. The van der Waals surface area contributed by atoms with Crippen LogP contribution in [-0.2, 0) is 6.54 Å². The zero-order valence-corrected chi connectivity index (χ0v) is 9.31. The van der Waals surface area contributed by atoms with Gasteiger partial charge in [0.25, 0.3) is 6.01 Å². The van der Waals surface area contributed by atoms with Gasteiger partial charge in [0, 0.05) is 32.2 Å². The first kappa shape index (κ1) is 10.4. The first-order valence-electron chi connectivity index (χ1n) is 5.30. The highest BCUT2D eigenvalue weighted by Crippen LogP contribution is 2.17. The van der Waals surface area contributed by atoms with Gasteiger partial charge in [-0.25, -0.2) is 0 Å². The van der Waals surface area contributed by atoms with Gasteiger partial charge >= 0.3 is 0 Å². The second-order valence-corrected chi connectivity index (χ2v) is 4.10. The molecule has 84 valence electrons. The maximum Gasteiger partial charge on any atom is 0.297 e. The van der Waals surface area contributed by atoms with Gasteiger partial charge in [-0.15, -0.1) is 0 Å². The van der Waals surface area contributed by atoms with E-state index in [1.165, 1.54) is 0 Å². The highest BCUT2D eigenvalue weighted by molar-refractivity contribution is 5.28. The highest BCUT2D eigenvalue weighted by atomic mass is 16.4. The first-order valence-corrected chi connectivity index (χ1v) is 5.30. The van der Waals surface area contributed by atoms with E-state index >= 15 is 0 Å². The van der Waals surface area contributed by atoms with Gasteiger partial charge in [-0.05, 0) is 14.0 Å². The minimum absolute atomic E-state index is 0.437. The fourth-order valence-corrected chi connectivity index (χ4v) is 1.76. The lowest BCUT2D eigenvalue weighted by atomic mass is 10.2. The summed E-state index contributed by atoms with van der Waals surface area (Å²) in [4.78, 5) is 8.83. The molecule has 0 saturated carbocycles. The van der Waals surface area contributed by atoms with Crippen molar-refractivity contribution in [1.82, 2.24) is 9.88 Å². The lowest BCUT2D eigenvalue weighted by Crippen LogP contribution is -2.50. The molecule has 1 aliphatic rings. The molecule has 1 unspecified atom stereocenters. The summed E-state index contributed by atoms with van der Waals surface area (Å²) in [6.45, 7) is 5.61. The number of likely N-dealkylation sites (N-methyl/N-ethyl adjacent to an activating group) is 1. The van der Waals surface area contributed by atoms with E-state index in [0.717, 1.165) is 25.3 Å². The molecule has 0 spiro atoms. The molecule has 1 fully saturated rings. The Morgan fingerprint density at radius 3 is 3.00 bits per heavy atom. The van der Waals surface area contributed by atoms with Crippen molar-refractivity contribution in [2.75, 3.05) is 31.6 Å². The number of anilines is 1. The molecule has 1 aliphatic heterocycles. The van der Waals surface area contributed by atoms with Crippen LogP contribution >= 0.6 is 0 Å². The Hall–Kier alpha value is -1.07. The van der Waals surface area contributed by atoms with Crippen LogP contribution in [0, 0.1) is 0 Å². The molecule has 1 atom stereocenters. The minimum Gasteiger partial charge on any atom is -0.432 e. The normalized spacial score (nSPS) is 23.4. The molecule has 15 heavy (non-hydrogen) atoms. The van der Waals surface area contributed by atoms with E-state index in [-0.39, 0.29) is 0 Å². The Morgan fingerprint density at radius 1 is 1.60 bits per heavy atom. The maximum atomic E-state index is 5.49. The Bertz CT molecular complexity index is 325. The number of hydrogen-bond acceptors (Lipinski definition) is 5. The minimum atomic E-state index is 0.437. The molecule has 2 N–H and O–H groups in total. The fraction of sp³-hybridized carbons (Fsp3) is 0.700. The molecule has 5 heteroatoms. The Labute approximate surface area is 89.9 Å².